The first-order valence-electron chi connectivity index (χ1n) is 6.76. The molecule has 0 aromatic heterocycles. The van der Waals surface area contributed by atoms with Gasteiger partial charge in [0.05, 0.1) is 11.3 Å². The zero-order chi connectivity index (χ0) is 17.4. The number of nitrogens with zero attached hydrogens (tertiary/aromatic N) is 1. The van der Waals surface area contributed by atoms with Crippen molar-refractivity contribution in [3.63, 3.8) is 0 Å². The lowest BCUT2D eigenvalue weighted by atomic mass is 10.1. The molecular formula is C15H11F3N2O3S. The fraction of sp³-hybridized carbons (Fsp3) is 0.133. The molecule has 1 heterocycles. The lowest BCUT2D eigenvalue weighted by Gasteiger charge is -2.18. The third kappa shape index (κ3) is 3.51. The number of alkyl halides is 3. The average molecular weight is 356 g/mol. The van der Waals surface area contributed by atoms with Gasteiger partial charge in [-0.2, -0.15) is 21.6 Å². The van der Waals surface area contributed by atoms with Crippen molar-refractivity contribution in [2.24, 2.45) is 5.10 Å². The summed E-state index contributed by atoms with van der Waals surface area (Å²) in [5, 5.41) is 3.87. The molecule has 0 unspecified atom stereocenters. The quantitative estimate of drug-likeness (QED) is 0.662. The number of fused-ring (bicyclic) bond motifs is 1. The van der Waals surface area contributed by atoms with Crippen LogP contribution in [0.3, 0.4) is 0 Å². The van der Waals surface area contributed by atoms with Crippen molar-refractivity contribution >= 4 is 21.7 Å². The minimum Gasteiger partial charge on any atom is -0.359 e. The highest BCUT2D eigenvalue weighted by Crippen LogP contribution is 2.30. The maximum atomic E-state index is 12.5. The van der Waals surface area contributed by atoms with Crippen molar-refractivity contribution in [3.8, 4) is 0 Å². The number of benzene rings is 2. The predicted molar refractivity (Wildman–Crippen MR) is 81.8 cm³/mol. The van der Waals surface area contributed by atoms with Crippen LogP contribution in [0.2, 0.25) is 0 Å². The van der Waals surface area contributed by atoms with Gasteiger partial charge in [-0.05, 0) is 35.9 Å². The van der Waals surface area contributed by atoms with Crippen LogP contribution < -0.4 is 5.43 Å². The van der Waals surface area contributed by atoms with Crippen LogP contribution in [0.4, 0.5) is 18.9 Å². The Morgan fingerprint density at radius 2 is 1.71 bits per heavy atom. The van der Waals surface area contributed by atoms with E-state index in [4.69, 9.17) is 4.18 Å². The minimum atomic E-state index is -4.43. The number of rotatable bonds is 2. The molecule has 0 spiro atoms. The van der Waals surface area contributed by atoms with Crippen LogP contribution in [0.5, 0.6) is 0 Å². The van der Waals surface area contributed by atoms with Gasteiger partial charge in [0.1, 0.15) is 5.75 Å². The van der Waals surface area contributed by atoms with Gasteiger partial charge >= 0.3 is 16.3 Å². The molecule has 3 rings (SSSR count). The van der Waals surface area contributed by atoms with Gasteiger partial charge in [-0.1, -0.05) is 18.2 Å². The maximum absolute atomic E-state index is 12.5. The summed E-state index contributed by atoms with van der Waals surface area (Å²) >= 11 is 0. The molecule has 0 saturated carbocycles. The summed E-state index contributed by atoms with van der Waals surface area (Å²) in [7, 11) is -3.80. The first-order chi connectivity index (χ1) is 11.2. The van der Waals surface area contributed by atoms with Crippen LogP contribution in [-0.4, -0.2) is 14.3 Å². The predicted octanol–water partition coefficient (Wildman–Crippen LogP) is 3.34. The molecule has 0 aliphatic carbocycles. The molecule has 2 aromatic rings. The van der Waals surface area contributed by atoms with Gasteiger partial charge in [-0.25, -0.2) is 0 Å². The highest BCUT2D eigenvalue weighted by Gasteiger charge is 2.30. The molecule has 0 atom stereocenters. The van der Waals surface area contributed by atoms with Crippen LogP contribution in [0, 0.1) is 0 Å². The van der Waals surface area contributed by atoms with Gasteiger partial charge in [-0.3, -0.25) is 5.43 Å². The number of halogens is 3. The van der Waals surface area contributed by atoms with Crippen LogP contribution in [0.15, 0.2) is 53.6 Å². The van der Waals surface area contributed by atoms with E-state index in [2.05, 4.69) is 10.5 Å². The summed E-state index contributed by atoms with van der Waals surface area (Å²) in [5.74, 6) is -0.417. The topological polar surface area (TPSA) is 67.8 Å². The van der Waals surface area contributed by atoms with E-state index in [0.717, 1.165) is 12.1 Å². The zero-order valence-corrected chi connectivity index (χ0v) is 12.9. The van der Waals surface area contributed by atoms with Crippen LogP contribution in [0.1, 0.15) is 16.7 Å². The van der Waals surface area contributed by atoms with Gasteiger partial charge in [0.25, 0.3) is 5.90 Å². The Bertz CT molecular complexity index is 891. The highest BCUT2D eigenvalue weighted by molar-refractivity contribution is 7.86. The largest absolute Gasteiger partial charge is 0.416 e. The van der Waals surface area contributed by atoms with Crippen LogP contribution in [0.25, 0.3) is 0 Å². The number of nitrogens with one attached hydrogen (secondary N) is 1. The molecule has 2 aromatic carbocycles. The Kier molecular flexibility index (Phi) is 3.96. The van der Waals surface area contributed by atoms with E-state index in [1.54, 1.807) is 24.3 Å². The molecule has 0 saturated heterocycles. The van der Waals surface area contributed by atoms with Gasteiger partial charge in [0.2, 0.25) is 0 Å². The van der Waals surface area contributed by atoms with Gasteiger partial charge < -0.3 is 4.18 Å². The monoisotopic (exact) mass is 356 g/mol. The number of hydrogen-bond acceptors (Lipinski definition) is 5. The Hall–Kier alpha value is -2.55. The molecule has 0 amide bonds. The molecule has 0 fully saturated rings. The Morgan fingerprint density at radius 1 is 1.04 bits per heavy atom. The third-order valence-corrected chi connectivity index (χ3v) is 4.36. The summed E-state index contributed by atoms with van der Waals surface area (Å²) in [6.07, 6.45) is -4.43. The third-order valence-electron chi connectivity index (χ3n) is 3.28. The molecule has 9 heteroatoms. The van der Waals surface area contributed by atoms with Gasteiger partial charge in [0.15, 0.2) is 0 Å². The van der Waals surface area contributed by atoms with E-state index in [1.165, 1.54) is 12.1 Å². The van der Waals surface area contributed by atoms with Crippen LogP contribution >= 0.6 is 0 Å². The van der Waals surface area contributed by atoms with Gasteiger partial charge in [0, 0.05) is 5.56 Å². The second-order valence-corrected chi connectivity index (χ2v) is 6.62. The molecule has 0 radical (unpaired) electrons. The normalized spacial score (nSPS) is 17.9. The molecule has 0 bridgehead atoms. The van der Waals surface area contributed by atoms with Crippen molar-refractivity contribution in [1.82, 2.24) is 0 Å². The SMILES string of the molecule is O=S1(=O)Cc2ccccc2C(=NNc2ccc(C(F)(F)F)cc2)O1. The molecule has 5 nitrogen and oxygen atoms in total. The minimum absolute atomic E-state index is 0.156. The lowest BCUT2D eigenvalue weighted by Crippen LogP contribution is -2.24. The van der Waals surface area contributed by atoms with E-state index in [0.29, 0.717) is 11.1 Å². The summed E-state index contributed by atoms with van der Waals surface area (Å²) < 4.78 is 65.9. The second-order valence-electron chi connectivity index (χ2n) is 5.05. The van der Waals surface area contributed by atoms with Crippen molar-refractivity contribution in [1.29, 1.82) is 0 Å². The van der Waals surface area contributed by atoms with Crippen molar-refractivity contribution in [3.05, 3.63) is 65.2 Å². The van der Waals surface area contributed by atoms with E-state index in [9.17, 15) is 21.6 Å². The van der Waals surface area contributed by atoms with Crippen LogP contribution in [-0.2, 0) is 26.2 Å². The maximum Gasteiger partial charge on any atom is 0.416 e. The van der Waals surface area contributed by atoms with Crippen molar-refractivity contribution < 1.29 is 25.8 Å². The van der Waals surface area contributed by atoms with E-state index < -0.39 is 21.9 Å². The molecule has 126 valence electrons. The summed E-state index contributed by atoms with van der Waals surface area (Å²) in [6, 6.07) is 10.9. The van der Waals surface area contributed by atoms with Crippen molar-refractivity contribution in [2.75, 3.05) is 5.43 Å². The standard InChI is InChI=1S/C15H11F3N2O3S/c16-15(17,18)11-5-7-12(8-6-11)19-20-14-13-4-2-1-3-10(13)9-24(21,22)23-14/h1-8,19H,9H2. The van der Waals surface area contributed by atoms with E-state index in [-0.39, 0.29) is 17.3 Å². The second kappa shape index (κ2) is 5.82. The van der Waals surface area contributed by atoms with E-state index in [1.807, 2.05) is 0 Å². The summed E-state index contributed by atoms with van der Waals surface area (Å²) in [6.45, 7) is 0. The Labute approximate surface area is 135 Å². The summed E-state index contributed by atoms with van der Waals surface area (Å²) in [5.41, 5.74) is 3.02. The molecule has 1 N–H and O–H groups in total. The zero-order valence-electron chi connectivity index (χ0n) is 12.0. The average Bonchev–Trinajstić information content (AvgIpc) is 2.51. The van der Waals surface area contributed by atoms with E-state index >= 15 is 0 Å². The highest BCUT2D eigenvalue weighted by atomic mass is 32.2. The molecule has 1 aliphatic heterocycles. The lowest BCUT2D eigenvalue weighted by molar-refractivity contribution is -0.137. The number of hydrazone groups is 1. The molecular weight excluding hydrogens is 345 g/mol. The summed E-state index contributed by atoms with van der Waals surface area (Å²) in [4.78, 5) is 0. The number of hydrogen-bond donors (Lipinski definition) is 1. The Morgan fingerprint density at radius 3 is 2.38 bits per heavy atom. The fourth-order valence-corrected chi connectivity index (χ4v) is 3.23. The first kappa shape index (κ1) is 16.3. The molecule has 1 aliphatic rings. The number of anilines is 1. The smallest absolute Gasteiger partial charge is 0.359 e. The Balaban J connectivity index is 1.87. The van der Waals surface area contributed by atoms with Gasteiger partial charge in [-0.15, -0.1) is 5.10 Å². The fourth-order valence-electron chi connectivity index (χ4n) is 2.17. The molecule has 24 heavy (non-hydrogen) atoms. The first-order valence-corrected chi connectivity index (χ1v) is 8.34. The van der Waals surface area contributed by atoms with Crippen molar-refractivity contribution in [2.45, 2.75) is 11.9 Å².